The number of hydrogen-bond acceptors (Lipinski definition) is 5. The number of benzene rings is 1. The van der Waals surface area contributed by atoms with E-state index >= 15 is 0 Å². The molecule has 0 spiro atoms. The lowest BCUT2D eigenvalue weighted by Gasteiger charge is -2.26. The fourth-order valence-electron chi connectivity index (χ4n) is 2.79. The summed E-state index contributed by atoms with van der Waals surface area (Å²) in [5.41, 5.74) is 0.842. The third-order valence-corrected chi connectivity index (χ3v) is 5.85. The van der Waals surface area contributed by atoms with Gasteiger partial charge in [0.05, 0.1) is 23.7 Å². The predicted molar refractivity (Wildman–Crippen MR) is 85.4 cm³/mol. The number of nitrogens with zero attached hydrogens (tertiary/aromatic N) is 6. The Kier molecular flexibility index (Phi) is 3.66. The molecule has 0 radical (unpaired) electrons. The summed E-state index contributed by atoms with van der Waals surface area (Å²) in [6.45, 7) is 1.81. The summed E-state index contributed by atoms with van der Waals surface area (Å²) in [4.78, 5) is 8.77. The lowest BCUT2D eigenvalue weighted by Crippen LogP contribution is -2.38. The van der Waals surface area contributed by atoms with E-state index in [4.69, 9.17) is 0 Å². The average molecular weight is 344 g/mol. The zero-order valence-corrected chi connectivity index (χ0v) is 13.7. The van der Waals surface area contributed by atoms with Gasteiger partial charge in [0.25, 0.3) is 0 Å². The fraction of sp³-hybridized carbons (Fsp3) is 0.267. The van der Waals surface area contributed by atoms with Crippen molar-refractivity contribution in [3.05, 3.63) is 60.7 Å². The number of rotatable bonds is 4. The summed E-state index contributed by atoms with van der Waals surface area (Å²) in [7, 11) is -3.49. The van der Waals surface area contributed by atoms with E-state index in [0.717, 1.165) is 11.5 Å². The van der Waals surface area contributed by atoms with Crippen LogP contribution >= 0.6 is 0 Å². The smallest absolute Gasteiger partial charge is 0.243 e. The minimum Gasteiger partial charge on any atom is -0.332 e. The second-order valence-corrected chi connectivity index (χ2v) is 7.52. The van der Waals surface area contributed by atoms with E-state index < -0.39 is 10.0 Å². The summed E-state index contributed by atoms with van der Waals surface area (Å²) in [5, 5.41) is 4.06. The summed E-state index contributed by atoms with van der Waals surface area (Å²) in [6.07, 6.45) is 5.05. The zero-order valence-electron chi connectivity index (χ0n) is 12.9. The van der Waals surface area contributed by atoms with Gasteiger partial charge in [0.1, 0.15) is 18.5 Å². The molecule has 3 aromatic rings. The minimum absolute atomic E-state index is 0.272. The average Bonchev–Trinajstić information content (AvgIpc) is 3.24. The highest BCUT2D eigenvalue weighted by Crippen LogP contribution is 2.21. The van der Waals surface area contributed by atoms with E-state index in [9.17, 15) is 8.42 Å². The molecule has 0 saturated carbocycles. The lowest BCUT2D eigenvalue weighted by molar-refractivity contribution is 0.335. The molecule has 2 aromatic heterocycles. The van der Waals surface area contributed by atoms with Crippen molar-refractivity contribution in [3.63, 3.8) is 0 Å². The van der Waals surface area contributed by atoms with Crippen LogP contribution in [0, 0.1) is 0 Å². The maximum absolute atomic E-state index is 12.7. The van der Waals surface area contributed by atoms with Crippen molar-refractivity contribution in [1.82, 2.24) is 28.6 Å². The maximum Gasteiger partial charge on any atom is 0.243 e. The molecule has 0 N–H and O–H groups in total. The van der Waals surface area contributed by atoms with Crippen LogP contribution in [0.25, 0.3) is 0 Å². The van der Waals surface area contributed by atoms with Gasteiger partial charge in [-0.2, -0.15) is 9.40 Å². The van der Waals surface area contributed by atoms with Crippen LogP contribution in [0.2, 0.25) is 0 Å². The molecule has 0 bridgehead atoms. The van der Waals surface area contributed by atoms with Gasteiger partial charge >= 0.3 is 0 Å². The molecule has 9 heteroatoms. The topological polar surface area (TPSA) is 85.9 Å². The van der Waals surface area contributed by atoms with Crippen LogP contribution in [-0.2, 0) is 29.7 Å². The summed E-state index contributed by atoms with van der Waals surface area (Å²) in [6, 6.07) is 8.50. The first kappa shape index (κ1) is 15.0. The van der Waals surface area contributed by atoms with E-state index in [0.29, 0.717) is 24.5 Å². The third kappa shape index (κ3) is 2.72. The van der Waals surface area contributed by atoms with Crippen LogP contribution in [0.15, 0.2) is 54.1 Å². The first-order valence-electron chi connectivity index (χ1n) is 7.55. The Bertz CT molecular complexity index is 934. The van der Waals surface area contributed by atoms with Crippen LogP contribution < -0.4 is 0 Å². The van der Waals surface area contributed by atoms with Crippen molar-refractivity contribution in [2.24, 2.45) is 0 Å². The van der Waals surface area contributed by atoms with Gasteiger partial charge in [-0.05, 0) is 12.1 Å². The van der Waals surface area contributed by atoms with E-state index in [2.05, 4.69) is 15.1 Å². The first-order valence-corrected chi connectivity index (χ1v) is 8.99. The molecule has 0 atom stereocenters. The van der Waals surface area contributed by atoms with Gasteiger partial charge in [0.15, 0.2) is 0 Å². The van der Waals surface area contributed by atoms with Crippen molar-refractivity contribution < 1.29 is 8.42 Å². The first-order chi connectivity index (χ1) is 11.6. The number of fused-ring (bicyclic) bond motifs is 1. The van der Waals surface area contributed by atoms with E-state index in [-0.39, 0.29) is 6.54 Å². The Balaban J connectivity index is 1.57. The Hall–Kier alpha value is -2.52. The molecule has 3 heterocycles. The van der Waals surface area contributed by atoms with Crippen LogP contribution in [0.3, 0.4) is 0 Å². The fourth-order valence-corrected chi connectivity index (χ4v) is 4.20. The Morgan fingerprint density at radius 2 is 1.96 bits per heavy atom. The van der Waals surface area contributed by atoms with Gasteiger partial charge in [-0.25, -0.2) is 23.1 Å². The Morgan fingerprint density at radius 1 is 1.12 bits per heavy atom. The monoisotopic (exact) mass is 344 g/mol. The molecule has 0 unspecified atom stereocenters. The third-order valence-electron chi connectivity index (χ3n) is 3.99. The summed E-state index contributed by atoms with van der Waals surface area (Å²) in [5.74, 6) is 0.746. The molecule has 124 valence electrons. The van der Waals surface area contributed by atoms with Gasteiger partial charge in [0.2, 0.25) is 10.0 Å². The molecule has 0 fully saturated rings. The molecule has 0 aliphatic carbocycles. The molecular weight excluding hydrogens is 328 g/mol. The Labute approximate surface area is 139 Å². The van der Waals surface area contributed by atoms with Crippen molar-refractivity contribution in [3.8, 4) is 0 Å². The molecule has 1 aliphatic rings. The molecule has 1 aliphatic heterocycles. The SMILES string of the molecule is O=S(=O)(c1ccccc1)N1CCn2cc(Cn3cncn3)nc2C1. The predicted octanol–water partition coefficient (Wildman–Crippen LogP) is 0.727. The van der Waals surface area contributed by atoms with Gasteiger partial charge in [-0.15, -0.1) is 0 Å². The maximum atomic E-state index is 12.7. The van der Waals surface area contributed by atoms with Crippen molar-refractivity contribution in [2.75, 3.05) is 6.54 Å². The van der Waals surface area contributed by atoms with Crippen molar-refractivity contribution in [2.45, 2.75) is 24.5 Å². The van der Waals surface area contributed by atoms with Gasteiger partial charge < -0.3 is 4.57 Å². The highest BCUT2D eigenvalue weighted by atomic mass is 32.2. The lowest BCUT2D eigenvalue weighted by atomic mass is 10.4. The number of aromatic nitrogens is 5. The van der Waals surface area contributed by atoms with Gasteiger partial charge in [-0.3, -0.25) is 0 Å². The number of sulfonamides is 1. The normalized spacial score (nSPS) is 15.3. The van der Waals surface area contributed by atoms with Crippen molar-refractivity contribution >= 4 is 10.0 Å². The van der Waals surface area contributed by atoms with E-state index in [1.165, 1.54) is 10.6 Å². The van der Waals surface area contributed by atoms with Crippen LogP contribution in [0.5, 0.6) is 0 Å². The molecule has 0 amide bonds. The van der Waals surface area contributed by atoms with Gasteiger partial charge in [-0.1, -0.05) is 18.2 Å². The van der Waals surface area contributed by atoms with Crippen LogP contribution in [-0.4, -0.2) is 43.6 Å². The molecule has 1 aromatic carbocycles. The second kappa shape index (κ2) is 5.84. The standard InChI is InChI=1S/C15H16N6O2S/c22-24(23,14-4-2-1-3-5-14)21-7-6-19-8-13(18-15(19)10-21)9-20-12-16-11-17-20/h1-5,8,11-12H,6-7,9-10H2. The minimum atomic E-state index is -3.49. The Morgan fingerprint density at radius 3 is 2.71 bits per heavy atom. The summed E-state index contributed by atoms with van der Waals surface area (Å²) < 4.78 is 30.6. The van der Waals surface area contributed by atoms with E-state index in [1.807, 2.05) is 10.8 Å². The highest BCUT2D eigenvalue weighted by Gasteiger charge is 2.29. The molecule has 0 saturated heterocycles. The zero-order chi connectivity index (χ0) is 16.6. The van der Waals surface area contributed by atoms with Crippen LogP contribution in [0.4, 0.5) is 0 Å². The van der Waals surface area contributed by atoms with E-state index in [1.54, 1.807) is 41.3 Å². The number of imidazole rings is 1. The molecule has 8 nitrogen and oxygen atoms in total. The van der Waals surface area contributed by atoms with Crippen molar-refractivity contribution in [1.29, 1.82) is 0 Å². The second-order valence-electron chi connectivity index (χ2n) is 5.59. The molecule has 4 rings (SSSR count). The molecule has 24 heavy (non-hydrogen) atoms. The molecular formula is C15H16N6O2S. The quantitative estimate of drug-likeness (QED) is 0.696. The number of hydrogen-bond donors (Lipinski definition) is 0. The highest BCUT2D eigenvalue weighted by molar-refractivity contribution is 7.89. The largest absolute Gasteiger partial charge is 0.332 e. The van der Waals surface area contributed by atoms with Crippen LogP contribution in [0.1, 0.15) is 11.5 Å². The summed E-state index contributed by atoms with van der Waals surface area (Å²) >= 11 is 0. The van der Waals surface area contributed by atoms with Gasteiger partial charge in [0, 0.05) is 19.3 Å².